The monoisotopic (exact) mass is 393 g/mol. The first-order valence-electron chi connectivity index (χ1n) is 9.27. The van der Waals surface area contributed by atoms with Crippen LogP contribution in [0, 0.1) is 0 Å². The van der Waals surface area contributed by atoms with E-state index in [4.69, 9.17) is 4.42 Å². The predicted molar refractivity (Wildman–Crippen MR) is 110 cm³/mol. The minimum atomic E-state index is -0.464. The largest absolute Gasteiger partial charge is 0.463 e. The van der Waals surface area contributed by atoms with Crippen LogP contribution in [0.3, 0.4) is 0 Å². The smallest absolute Gasteiger partial charge is 0.261 e. The summed E-state index contributed by atoms with van der Waals surface area (Å²) >= 11 is 0. The zero-order valence-electron chi connectivity index (χ0n) is 16.6. The highest BCUT2D eigenvalue weighted by Crippen LogP contribution is 2.16. The van der Waals surface area contributed by atoms with Gasteiger partial charge in [0.05, 0.1) is 12.0 Å². The fraction of sp³-hybridized carbons (Fsp3) is 0.227. The Morgan fingerprint density at radius 1 is 1.00 bits per heavy atom. The number of carbonyl (C=O) groups excluding carboxylic acids is 2. The Morgan fingerprint density at radius 2 is 1.72 bits per heavy atom. The summed E-state index contributed by atoms with van der Waals surface area (Å²) in [4.78, 5) is 43.1. The molecule has 0 fully saturated rings. The van der Waals surface area contributed by atoms with E-state index in [0.29, 0.717) is 30.1 Å². The van der Waals surface area contributed by atoms with E-state index in [1.165, 1.54) is 17.2 Å². The van der Waals surface area contributed by atoms with Crippen molar-refractivity contribution in [2.45, 2.75) is 13.5 Å². The molecule has 0 aliphatic heterocycles. The minimum Gasteiger partial charge on any atom is -0.463 e. The van der Waals surface area contributed by atoms with Gasteiger partial charge in [0.15, 0.2) is 0 Å². The molecule has 2 aromatic heterocycles. The Bertz CT molecular complexity index is 1050. The van der Waals surface area contributed by atoms with Crippen LogP contribution in [0.5, 0.6) is 0 Å². The number of aromatic nitrogens is 1. The average Bonchev–Trinajstić information content (AvgIpc) is 3.26. The van der Waals surface area contributed by atoms with Crippen molar-refractivity contribution in [3.05, 3.63) is 81.8 Å². The van der Waals surface area contributed by atoms with Crippen molar-refractivity contribution in [1.29, 1.82) is 0 Å². The van der Waals surface area contributed by atoms with Crippen LogP contribution in [-0.4, -0.2) is 47.2 Å². The van der Waals surface area contributed by atoms with Gasteiger partial charge in [0, 0.05) is 32.7 Å². The third-order valence-electron chi connectivity index (χ3n) is 4.58. The standard InChI is InChI=1S/C22H23N3O4/c1-4-25(14-15-7-9-16(10-8-15)21(27)24(2)3)22(28)17-11-12-18(23-20(17)26)19-6-5-13-29-19/h5-13H,4,14H2,1-3H3,(H,23,26). The van der Waals surface area contributed by atoms with Crippen molar-refractivity contribution in [3.63, 3.8) is 0 Å². The first kappa shape index (κ1) is 20.1. The molecular formula is C22H23N3O4. The van der Waals surface area contributed by atoms with Crippen LogP contribution >= 0.6 is 0 Å². The van der Waals surface area contributed by atoms with Gasteiger partial charge in [-0.3, -0.25) is 14.4 Å². The Hall–Kier alpha value is -3.61. The lowest BCUT2D eigenvalue weighted by Gasteiger charge is -2.21. The minimum absolute atomic E-state index is 0.0709. The van der Waals surface area contributed by atoms with Gasteiger partial charge < -0.3 is 19.2 Å². The van der Waals surface area contributed by atoms with Gasteiger partial charge in [-0.05, 0) is 48.9 Å². The number of furan rings is 1. The Morgan fingerprint density at radius 3 is 2.28 bits per heavy atom. The van der Waals surface area contributed by atoms with Crippen LogP contribution in [0.4, 0.5) is 0 Å². The molecule has 0 spiro atoms. The highest BCUT2D eigenvalue weighted by molar-refractivity contribution is 5.94. The Balaban J connectivity index is 1.77. The van der Waals surface area contributed by atoms with E-state index < -0.39 is 5.56 Å². The first-order chi connectivity index (χ1) is 13.9. The molecule has 3 rings (SSSR count). The van der Waals surface area contributed by atoms with Gasteiger partial charge in [-0.15, -0.1) is 0 Å². The van der Waals surface area contributed by atoms with Crippen LogP contribution in [0.2, 0.25) is 0 Å². The van der Waals surface area contributed by atoms with Gasteiger partial charge in [-0.25, -0.2) is 0 Å². The number of hydrogen-bond donors (Lipinski definition) is 1. The number of aromatic amines is 1. The van der Waals surface area contributed by atoms with E-state index >= 15 is 0 Å². The number of H-pyrrole nitrogens is 1. The molecule has 2 amide bonds. The topological polar surface area (TPSA) is 86.6 Å². The second-order valence-corrected chi connectivity index (χ2v) is 6.81. The van der Waals surface area contributed by atoms with Crippen molar-refractivity contribution < 1.29 is 14.0 Å². The molecule has 0 aliphatic carbocycles. The molecule has 150 valence electrons. The third-order valence-corrected chi connectivity index (χ3v) is 4.58. The molecule has 0 unspecified atom stereocenters. The molecule has 3 aromatic rings. The van der Waals surface area contributed by atoms with Crippen molar-refractivity contribution >= 4 is 11.8 Å². The average molecular weight is 393 g/mol. The van der Waals surface area contributed by atoms with Gasteiger partial charge in [-0.2, -0.15) is 0 Å². The lowest BCUT2D eigenvalue weighted by molar-refractivity contribution is 0.0749. The van der Waals surface area contributed by atoms with Crippen LogP contribution in [-0.2, 0) is 6.54 Å². The van der Waals surface area contributed by atoms with E-state index in [9.17, 15) is 14.4 Å². The lowest BCUT2D eigenvalue weighted by Crippen LogP contribution is -2.34. The molecule has 1 aromatic carbocycles. The zero-order chi connectivity index (χ0) is 21.0. The number of amides is 2. The summed E-state index contributed by atoms with van der Waals surface area (Å²) < 4.78 is 5.27. The fourth-order valence-corrected chi connectivity index (χ4v) is 2.95. The van der Waals surface area contributed by atoms with Crippen molar-refractivity contribution in [2.75, 3.05) is 20.6 Å². The van der Waals surface area contributed by atoms with Gasteiger partial charge in [0.25, 0.3) is 17.4 Å². The third kappa shape index (κ3) is 4.45. The number of benzene rings is 1. The maximum atomic E-state index is 12.9. The summed E-state index contributed by atoms with van der Waals surface area (Å²) in [6.45, 7) is 2.63. The Labute approximate surface area is 168 Å². The van der Waals surface area contributed by atoms with Gasteiger partial charge in [-0.1, -0.05) is 12.1 Å². The van der Waals surface area contributed by atoms with E-state index in [-0.39, 0.29) is 17.4 Å². The quantitative estimate of drug-likeness (QED) is 0.697. The number of nitrogens with zero attached hydrogens (tertiary/aromatic N) is 2. The van der Waals surface area contributed by atoms with E-state index in [2.05, 4.69) is 4.98 Å². The number of rotatable bonds is 6. The van der Waals surface area contributed by atoms with Gasteiger partial charge in [0.1, 0.15) is 11.3 Å². The number of carbonyl (C=O) groups is 2. The van der Waals surface area contributed by atoms with Gasteiger partial charge >= 0.3 is 0 Å². The van der Waals surface area contributed by atoms with Crippen LogP contribution < -0.4 is 5.56 Å². The predicted octanol–water partition coefficient (Wildman–Crippen LogP) is 3.00. The molecule has 0 bridgehead atoms. The highest BCUT2D eigenvalue weighted by atomic mass is 16.3. The van der Waals surface area contributed by atoms with Crippen LogP contribution in [0.25, 0.3) is 11.5 Å². The molecule has 0 aliphatic rings. The highest BCUT2D eigenvalue weighted by Gasteiger charge is 2.19. The van der Waals surface area contributed by atoms with Crippen molar-refractivity contribution in [1.82, 2.24) is 14.8 Å². The zero-order valence-corrected chi connectivity index (χ0v) is 16.6. The molecule has 0 saturated carbocycles. The summed E-state index contributed by atoms with van der Waals surface area (Å²) in [6, 6.07) is 13.7. The summed E-state index contributed by atoms with van der Waals surface area (Å²) in [5.74, 6) is 0.0946. The fourth-order valence-electron chi connectivity index (χ4n) is 2.95. The van der Waals surface area contributed by atoms with Crippen LogP contribution in [0.15, 0.2) is 64.0 Å². The van der Waals surface area contributed by atoms with Crippen LogP contribution in [0.1, 0.15) is 33.2 Å². The lowest BCUT2D eigenvalue weighted by atomic mass is 10.1. The maximum absolute atomic E-state index is 12.9. The normalized spacial score (nSPS) is 10.6. The molecule has 7 nitrogen and oxygen atoms in total. The molecule has 0 radical (unpaired) electrons. The number of hydrogen-bond acceptors (Lipinski definition) is 4. The van der Waals surface area contributed by atoms with Crippen molar-refractivity contribution in [3.8, 4) is 11.5 Å². The molecule has 1 N–H and O–H groups in total. The maximum Gasteiger partial charge on any atom is 0.261 e. The van der Waals surface area contributed by atoms with E-state index in [1.54, 1.807) is 49.3 Å². The number of pyridine rings is 1. The van der Waals surface area contributed by atoms with E-state index in [1.807, 2.05) is 19.1 Å². The second kappa shape index (κ2) is 8.60. The molecular weight excluding hydrogens is 370 g/mol. The summed E-state index contributed by atoms with van der Waals surface area (Å²) in [6.07, 6.45) is 1.52. The molecule has 2 heterocycles. The van der Waals surface area contributed by atoms with Crippen molar-refractivity contribution in [2.24, 2.45) is 0 Å². The van der Waals surface area contributed by atoms with E-state index in [0.717, 1.165) is 5.56 Å². The van der Waals surface area contributed by atoms with Gasteiger partial charge in [0.2, 0.25) is 0 Å². The molecule has 0 atom stereocenters. The SMILES string of the molecule is CCN(Cc1ccc(C(=O)N(C)C)cc1)C(=O)c1ccc(-c2ccco2)[nH]c1=O. The molecule has 29 heavy (non-hydrogen) atoms. The summed E-state index contributed by atoms with van der Waals surface area (Å²) in [5.41, 5.74) is 1.58. The Kier molecular flexibility index (Phi) is 5.97. The summed E-state index contributed by atoms with van der Waals surface area (Å²) in [5, 5.41) is 0. The molecule has 0 saturated heterocycles. The second-order valence-electron chi connectivity index (χ2n) is 6.81. The first-order valence-corrected chi connectivity index (χ1v) is 9.27. The molecule has 7 heteroatoms. The number of nitrogens with one attached hydrogen (secondary N) is 1. The summed E-state index contributed by atoms with van der Waals surface area (Å²) in [7, 11) is 3.39.